The van der Waals surface area contributed by atoms with E-state index < -0.39 is 5.97 Å². The molecule has 138 valence electrons. The zero-order valence-electron chi connectivity index (χ0n) is 15.2. The van der Waals surface area contributed by atoms with E-state index in [4.69, 9.17) is 4.74 Å². The number of rotatable bonds is 6. The van der Waals surface area contributed by atoms with Crippen molar-refractivity contribution in [2.45, 2.75) is 20.3 Å². The Labute approximate surface area is 162 Å². The lowest BCUT2D eigenvalue weighted by molar-refractivity contribution is -0.119. The minimum atomic E-state index is -0.537. The first-order valence-corrected chi connectivity index (χ1v) is 9.47. The van der Waals surface area contributed by atoms with Crippen LogP contribution in [0.2, 0.25) is 0 Å². The molecule has 0 saturated heterocycles. The largest absolute Gasteiger partial charge is 0.451 e. The maximum absolute atomic E-state index is 12.3. The van der Waals surface area contributed by atoms with E-state index in [2.05, 4.69) is 10.3 Å². The summed E-state index contributed by atoms with van der Waals surface area (Å²) in [7, 11) is 0. The van der Waals surface area contributed by atoms with E-state index in [1.807, 2.05) is 55.5 Å². The number of carbonyl (C=O) groups is 2. The number of thiazole rings is 1. The summed E-state index contributed by atoms with van der Waals surface area (Å²) in [5.41, 5.74) is 3.35. The molecule has 0 aliphatic heterocycles. The summed E-state index contributed by atoms with van der Waals surface area (Å²) in [6.07, 6.45) is 0.882. The van der Waals surface area contributed by atoms with E-state index in [9.17, 15) is 9.59 Å². The second-order valence-electron chi connectivity index (χ2n) is 5.98. The van der Waals surface area contributed by atoms with Gasteiger partial charge < -0.3 is 10.1 Å². The van der Waals surface area contributed by atoms with Crippen molar-refractivity contribution in [2.75, 3.05) is 11.9 Å². The third-order valence-electron chi connectivity index (χ3n) is 3.96. The van der Waals surface area contributed by atoms with Gasteiger partial charge in [0.25, 0.3) is 5.91 Å². The number of hydrogen-bond acceptors (Lipinski definition) is 5. The molecule has 1 amide bonds. The number of hydrogen-bond donors (Lipinski definition) is 1. The molecule has 0 bridgehead atoms. The average molecular weight is 380 g/mol. The Morgan fingerprint density at radius 3 is 2.63 bits per heavy atom. The standard InChI is InChI=1S/C21H20N2O3S/c1-3-15-8-7-11-17(12-15)23-18(24)13-26-21(25)19-14(2)22-20(27-19)16-9-5-4-6-10-16/h4-12H,3,13H2,1-2H3,(H,23,24). The Morgan fingerprint density at radius 1 is 1.11 bits per heavy atom. The molecule has 1 heterocycles. The van der Waals surface area contributed by atoms with E-state index in [0.29, 0.717) is 16.3 Å². The Morgan fingerprint density at radius 2 is 1.89 bits per heavy atom. The van der Waals surface area contributed by atoms with Gasteiger partial charge in [-0.2, -0.15) is 0 Å². The minimum absolute atomic E-state index is 0.340. The third kappa shape index (κ3) is 4.80. The fourth-order valence-corrected chi connectivity index (χ4v) is 3.52. The van der Waals surface area contributed by atoms with Crippen LogP contribution < -0.4 is 5.32 Å². The van der Waals surface area contributed by atoms with E-state index in [1.54, 1.807) is 13.0 Å². The molecule has 1 aromatic heterocycles. The number of nitrogens with one attached hydrogen (secondary N) is 1. The highest BCUT2D eigenvalue weighted by molar-refractivity contribution is 7.17. The van der Waals surface area contributed by atoms with Gasteiger partial charge in [-0.3, -0.25) is 4.79 Å². The van der Waals surface area contributed by atoms with Gasteiger partial charge >= 0.3 is 5.97 Å². The van der Waals surface area contributed by atoms with Gasteiger partial charge in [0.05, 0.1) is 5.69 Å². The predicted octanol–water partition coefficient (Wildman–Crippen LogP) is 4.48. The van der Waals surface area contributed by atoms with E-state index in [0.717, 1.165) is 22.6 Å². The maximum Gasteiger partial charge on any atom is 0.350 e. The van der Waals surface area contributed by atoms with E-state index >= 15 is 0 Å². The van der Waals surface area contributed by atoms with Crippen LogP contribution in [0.1, 0.15) is 27.9 Å². The monoisotopic (exact) mass is 380 g/mol. The van der Waals surface area contributed by atoms with Gasteiger partial charge in [0.15, 0.2) is 6.61 Å². The number of nitrogens with zero attached hydrogens (tertiary/aromatic N) is 1. The van der Waals surface area contributed by atoms with Crippen LogP contribution in [0.15, 0.2) is 54.6 Å². The fourth-order valence-electron chi connectivity index (χ4n) is 2.55. The van der Waals surface area contributed by atoms with Crippen LogP contribution in [0.5, 0.6) is 0 Å². The number of amides is 1. The first kappa shape index (κ1) is 18.8. The number of aromatic nitrogens is 1. The van der Waals surface area contributed by atoms with Crippen molar-refractivity contribution in [2.24, 2.45) is 0 Å². The van der Waals surface area contributed by atoms with Gasteiger partial charge in [0.1, 0.15) is 9.88 Å². The minimum Gasteiger partial charge on any atom is -0.451 e. The summed E-state index contributed by atoms with van der Waals surface area (Å²) in [5, 5.41) is 3.49. The highest BCUT2D eigenvalue weighted by Gasteiger charge is 2.18. The molecule has 5 nitrogen and oxygen atoms in total. The number of carbonyl (C=O) groups excluding carboxylic acids is 2. The van der Waals surface area contributed by atoms with Gasteiger partial charge in [0.2, 0.25) is 0 Å². The Balaban J connectivity index is 1.60. The zero-order valence-corrected chi connectivity index (χ0v) is 16.0. The third-order valence-corrected chi connectivity index (χ3v) is 5.14. The molecule has 0 aliphatic carbocycles. The summed E-state index contributed by atoms with van der Waals surface area (Å²) in [6, 6.07) is 17.2. The van der Waals surface area contributed by atoms with Gasteiger partial charge in [0, 0.05) is 11.3 Å². The van der Waals surface area contributed by atoms with Crippen molar-refractivity contribution >= 4 is 28.9 Å². The molecule has 0 saturated carbocycles. The van der Waals surface area contributed by atoms with E-state index in [-0.39, 0.29) is 12.5 Å². The van der Waals surface area contributed by atoms with Gasteiger partial charge in [-0.25, -0.2) is 9.78 Å². The highest BCUT2D eigenvalue weighted by Crippen LogP contribution is 2.28. The Hall–Kier alpha value is -2.99. The van der Waals surface area contributed by atoms with Crippen molar-refractivity contribution in [1.29, 1.82) is 0 Å². The van der Waals surface area contributed by atoms with Crippen molar-refractivity contribution in [1.82, 2.24) is 4.98 Å². The summed E-state index contributed by atoms with van der Waals surface area (Å²) in [6.45, 7) is 3.47. The zero-order chi connectivity index (χ0) is 19.2. The van der Waals surface area contributed by atoms with Crippen LogP contribution in [0.4, 0.5) is 5.69 Å². The van der Waals surface area contributed by atoms with Crippen LogP contribution in [-0.2, 0) is 16.0 Å². The van der Waals surface area contributed by atoms with Crippen molar-refractivity contribution in [3.05, 3.63) is 70.7 Å². The molecule has 0 fully saturated rings. The fraction of sp³-hybridized carbons (Fsp3) is 0.190. The second kappa shape index (κ2) is 8.60. The number of anilines is 1. The van der Waals surface area contributed by atoms with Crippen molar-refractivity contribution < 1.29 is 14.3 Å². The highest BCUT2D eigenvalue weighted by atomic mass is 32.1. The average Bonchev–Trinajstić information content (AvgIpc) is 3.09. The molecular formula is C21H20N2O3S. The normalized spacial score (nSPS) is 10.4. The lowest BCUT2D eigenvalue weighted by atomic mass is 10.1. The quantitative estimate of drug-likeness (QED) is 0.641. The summed E-state index contributed by atoms with van der Waals surface area (Å²) < 4.78 is 5.17. The summed E-state index contributed by atoms with van der Waals surface area (Å²) in [4.78, 5) is 29.2. The van der Waals surface area contributed by atoms with Gasteiger partial charge in [-0.05, 0) is 31.0 Å². The van der Waals surface area contributed by atoms with E-state index in [1.165, 1.54) is 11.3 Å². The van der Waals surface area contributed by atoms with Gasteiger partial charge in [-0.1, -0.05) is 49.4 Å². The number of benzene rings is 2. The van der Waals surface area contributed by atoms with Crippen LogP contribution in [0.3, 0.4) is 0 Å². The maximum atomic E-state index is 12.3. The van der Waals surface area contributed by atoms with Crippen LogP contribution in [-0.4, -0.2) is 23.5 Å². The molecule has 6 heteroatoms. The molecule has 0 aliphatic rings. The van der Waals surface area contributed by atoms with Crippen molar-refractivity contribution in [3.63, 3.8) is 0 Å². The first-order valence-electron chi connectivity index (χ1n) is 8.65. The Kier molecular flexibility index (Phi) is 5.98. The topological polar surface area (TPSA) is 68.3 Å². The van der Waals surface area contributed by atoms with Crippen molar-refractivity contribution in [3.8, 4) is 10.6 Å². The molecule has 27 heavy (non-hydrogen) atoms. The summed E-state index contributed by atoms with van der Waals surface area (Å²) >= 11 is 1.26. The lowest BCUT2D eigenvalue weighted by Gasteiger charge is -2.07. The summed E-state index contributed by atoms with van der Waals surface area (Å²) in [5.74, 6) is -0.910. The molecule has 0 radical (unpaired) electrons. The number of aryl methyl sites for hydroxylation is 2. The smallest absolute Gasteiger partial charge is 0.350 e. The predicted molar refractivity (Wildman–Crippen MR) is 107 cm³/mol. The first-order chi connectivity index (χ1) is 13.1. The van der Waals surface area contributed by atoms with Crippen LogP contribution in [0, 0.1) is 6.92 Å². The molecular weight excluding hydrogens is 360 g/mol. The molecule has 0 atom stereocenters. The van der Waals surface area contributed by atoms with Gasteiger partial charge in [-0.15, -0.1) is 11.3 Å². The number of esters is 1. The molecule has 2 aromatic carbocycles. The number of ether oxygens (including phenoxy) is 1. The SMILES string of the molecule is CCc1cccc(NC(=O)COC(=O)c2sc(-c3ccccc3)nc2C)c1. The second-order valence-corrected chi connectivity index (χ2v) is 6.98. The van der Waals surface area contributed by atoms with Crippen LogP contribution in [0.25, 0.3) is 10.6 Å². The molecule has 3 aromatic rings. The molecule has 1 N–H and O–H groups in total. The Bertz CT molecular complexity index is 951. The lowest BCUT2D eigenvalue weighted by Crippen LogP contribution is -2.20. The molecule has 0 spiro atoms. The van der Waals surface area contributed by atoms with Crippen LogP contribution >= 0.6 is 11.3 Å². The molecule has 0 unspecified atom stereocenters. The molecule has 3 rings (SSSR count).